The summed E-state index contributed by atoms with van der Waals surface area (Å²) in [4.78, 5) is 24.4. The SMILES string of the molecule is Nc1cc(N)cc(CCCOC(=O)C=Cc2ccc(OC(=O)c3ccc(OCCCCC(F)(F)F)cc3)cc2)c1. The molecule has 0 aliphatic rings. The van der Waals surface area contributed by atoms with Crippen molar-refractivity contribution in [3.05, 3.63) is 89.5 Å². The van der Waals surface area contributed by atoms with E-state index in [0.29, 0.717) is 41.3 Å². The first-order valence-electron chi connectivity index (χ1n) is 12.7. The Hall–Kier alpha value is -4.47. The van der Waals surface area contributed by atoms with Crippen molar-refractivity contribution in [3.63, 3.8) is 0 Å². The number of carbonyl (C=O) groups is 2. The second-order valence-corrected chi connectivity index (χ2v) is 9.02. The van der Waals surface area contributed by atoms with E-state index in [2.05, 4.69) is 0 Å². The van der Waals surface area contributed by atoms with Gasteiger partial charge in [-0.05, 0) is 97.5 Å². The summed E-state index contributed by atoms with van der Waals surface area (Å²) in [7, 11) is 0. The zero-order valence-electron chi connectivity index (χ0n) is 21.8. The van der Waals surface area contributed by atoms with E-state index in [1.807, 2.05) is 12.1 Å². The Bertz CT molecular complexity index is 1270. The van der Waals surface area contributed by atoms with Gasteiger partial charge in [-0.15, -0.1) is 0 Å². The third kappa shape index (κ3) is 11.1. The lowest BCUT2D eigenvalue weighted by Gasteiger charge is -2.09. The molecule has 0 saturated carbocycles. The van der Waals surface area contributed by atoms with Crippen LogP contribution in [0.5, 0.6) is 11.5 Å². The Morgan fingerprint density at radius 2 is 1.45 bits per heavy atom. The van der Waals surface area contributed by atoms with Crippen molar-refractivity contribution in [3.8, 4) is 11.5 Å². The van der Waals surface area contributed by atoms with Gasteiger partial charge in [0.05, 0.1) is 18.8 Å². The van der Waals surface area contributed by atoms with E-state index in [9.17, 15) is 22.8 Å². The number of anilines is 2. The molecule has 10 heteroatoms. The van der Waals surface area contributed by atoms with Crippen molar-refractivity contribution in [2.45, 2.75) is 38.3 Å². The van der Waals surface area contributed by atoms with Gasteiger partial charge < -0.3 is 25.7 Å². The topological polar surface area (TPSA) is 114 Å². The van der Waals surface area contributed by atoms with Crippen LogP contribution in [0.15, 0.2) is 72.8 Å². The normalized spacial score (nSPS) is 11.4. The Balaban J connectivity index is 1.37. The summed E-state index contributed by atoms with van der Waals surface area (Å²) < 4.78 is 52.5. The van der Waals surface area contributed by atoms with E-state index >= 15 is 0 Å². The molecule has 0 unspecified atom stereocenters. The zero-order chi connectivity index (χ0) is 29.0. The fourth-order valence-corrected chi connectivity index (χ4v) is 3.67. The number of halogens is 3. The average molecular weight is 557 g/mol. The molecule has 4 N–H and O–H groups in total. The monoisotopic (exact) mass is 556 g/mol. The number of esters is 2. The van der Waals surface area contributed by atoms with Crippen LogP contribution in [-0.4, -0.2) is 31.3 Å². The molecule has 0 heterocycles. The number of nitrogens with two attached hydrogens (primary N) is 2. The first-order chi connectivity index (χ1) is 19.1. The number of ether oxygens (including phenoxy) is 3. The molecule has 7 nitrogen and oxygen atoms in total. The molecule has 0 amide bonds. The molecule has 0 saturated heterocycles. The van der Waals surface area contributed by atoms with Gasteiger partial charge in [-0.1, -0.05) is 12.1 Å². The Labute approximate surface area is 230 Å². The van der Waals surface area contributed by atoms with Crippen LogP contribution in [-0.2, 0) is 16.0 Å². The van der Waals surface area contributed by atoms with Gasteiger partial charge in [0, 0.05) is 23.9 Å². The number of carbonyl (C=O) groups excluding carboxylic acids is 2. The fourth-order valence-electron chi connectivity index (χ4n) is 3.67. The van der Waals surface area contributed by atoms with Gasteiger partial charge in [-0.2, -0.15) is 13.2 Å². The van der Waals surface area contributed by atoms with E-state index in [1.165, 1.54) is 18.2 Å². The highest BCUT2D eigenvalue weighted by Crippen LogP contribution is 2.23. The predicted octanol–water partition coefficient (Wildman–Crippen LogP) is 6.37. The maximum atomic E-state index is 12.4. The summed E-state index contributed by atoms with van der Waals surface area (Å²) in [5.41, 5.74) is 14.7. The van der Waals surface area contributed by atoms with Crippen molar-refractivity contribution in [1.82, 2.24) is 0 Å². The van der Waals surface area contributed by atoms with Gasteiger partial charge in [0.15, 0.2) is 0 Å². The maximum absolute atomic E-state index is 12.4. The minimum absolute atomic E-state index is 0.00509. The number of aryl methyl sites for hydroxylation is 1. The summed E-state index contributed by atoms with van der Waals surface area (Å²) in [6.45, 7) is 0.403. The summed E-state index contributed by atoms with van der Waals surface area (Å²) in [5, 5.41) is 0. The molecular weight excluding hydrogens is 525 g/mol. The van der Waals surface area contributed by atoms with Crippen molar-refractivity contribution < 1.29 is 37.0 Å². The molecule has 0 atom stereocenters. The largest absolute Gasteiger partial charge is 0.494 e. The van der Waals surface area contributed by atoms with Gasteiger partial charge in [0.1, 0.15) is 11.5 Å². The number of rotatable bonds is 13. The van der Waals surface area contributed by atoms with Crippen LogP contribution in [0.2, 0.25) is 0 Å². The van der Waals surface area contributed by atoms with E-state index in [1.54, 1.807) is 48.5 Å². The van der Waals surface area contributed by atoms with Crippen LogP contribution >= 0.6 is 0 Å². The van der Waals surface area contributed by atoms with E-state index < -0.39 is 24.5 Å². The molecule has 3 aromatic rings. The summed E-state index contributed by atoms with van der Waals surface area (Å²) >= 11 is 0. The highest BCUT2D eigenvalue weighted by Gasteiger charge is 2.25. The number of hydrogen-bond acceptors (Lipinski definition) is 7. The lowest BCUT2D eigenvalue weighted by molar-refractivity contribution is -0.138. The van der Waals surface area contributed by atoms with Gasteiger partial charge in [0.2, 0.25) is 0 Å². The number of nitrogen functional groups attached to an aromatic ring is 2. The highest BCUT2D eigenvalue weighted by molar-refractivity contribution is 5.91. The summed E-state index contributed by atoms with van der Waals surface area (Å²) in [6.07, 6.45) is -0.515. The Morgan fingerprint density at radius 1 is 0.800 bits per heavy atom. The molecular formula is C30H31F3N2O5. The van der Waals surface area contributed by atoms with Gasteiger partial charge in [0.25, 0.3) is 0 Å². The standard InChI is InChI=1S/C30H31F3N2O5/c31-30(32,33)15-1-2-16-38-26-12-8-23(9-13-26)29(37)40-27-10-5-21(6-11-27)7-14-28(36)39-17-3-4-22-18-24(34)20-25(35)19-22/h5-14,18-20H,1-4,15-17,34-35H2. The van der Waals surface area contributed by atoms with E-state index in [4.69, 9.17) is 25.7 Å². The lowest BCUT2D eigenvalue weighted by Crippen LogP contribution is -2.09. The van der Waals surface area contributed by atoms with Crippen LogP contribution in [0.25, 0.3) is 6.08 Å². The molecule has 40 heavy (non-hydrogen) atoms. The number of unbranched alkanes of at least 4 members (excludes halogenated alkanes) is 1. The second kappa shape index (κ2) is 14.6. The third-order valence-corrected chi connectivity index (χ3v) is 5.61. The number of hydrogen-bond donors (Lipinski definition) is 2. The van der Waals surface area contributed by atoms with Crippen LogP contribution in [0.3, 0.4) is 0 Å². The molecule has 0 spiro atoms. The first kappa shape index (κ1) is 30.1. The van der Waals surface area contributed by atoms with Gasteiger partial charge in [-0.25, -0.2) is 9.59 Å². The highest BCUT2D eigenvalue weighted by atomic mass is 19.4. The minimum Gasteiger partial charge on any atom is -0.494 e. The molecule has 0 bridgehead atoms. The Morgan fingerprint density at radius 3 is 2.10 bits per heavy atom. The van der Waals surface area contributed by atoms with Gasteiger partial charge in [-0.3, -0.25) is 0 Å². The third-order valence-electron chi connectivity index (χ3n) is 5.61. The van der Waals surface area contributed by atoms with Crippen molar-refractivity contribution in [2.75, 3.05) is 24.7 Å². The molecule has 0 fully saturated rings. The quantitative estimate of drug-likeness (QED) is 0.0827. The predicted molar refractivity (Wildman–Crippen MR) is 147 cm³/mol. The number of benzene rings is 3. The lowest BCUT2D eigenvalue weighted by atomic mass is 10.1. The Kier molecular flexibility index (Phi) is 11.0. The smallest absolute Gasteiger partial charge is 0.389 e. The fraction of sp³-hybridized carbons (Fsp3) is 0.267. The molecule has 0 aliphatic carbocycles. The number of alkyl halides is 3. The molecule has 3 rings (SSSR count). The maximum Gasteiger partial charge on any atom is 0.389 e. The molecule has 0 radical (unpaired) electrons. The molecule has 212 valence electrons. The summed E-state index contributed by atoms with van der Waals surface area (Å²) in [6, 6.07) is 18.1. The van der Waals surface area contributed by atoms with Crippen molar-refractivity contribution >= 4 is 29.4 Å². The van der Waals surface area contributed by atoms with Crippen LogP contribution in [0.4, 0.5) is 24.5 Å². The molecule has 3 aromatic carbocycles. The summed E-state index contributed by atoms with van der Waals surface area (Å²) in [5.74, 6) is -0.289. The van der Waals surface area contributed by atoms with E-state index in [-0.39, 0.29) is 31.6 Å². The van der Waals surface area contributed by atoms with Crippen LogP contribution < -0.4 is 20.9 Å². The molecule has 0 aliphatic heterocycles. The molecule has 0 aromatic heterocycles. The zero-order valence-corrected chi connectivity index (χ0v) is 21.8. The van der Waals surface area contributed by atoms with Crippen molar-refractivity contribution in [1.29, 1.82) is 0 Å². The van der Waals surface area contributed by atoms with Crippen LogP contribution in [0, 0.1) is 0 Å². The van der Waals surface area contributed by atoms with Gasteiger partial charge >= 0.3 is 18.1 Å². The van der Waals surface area contributed by atoms with Crippen molar-refractivity contribution in [2.24, 2.45) is 0 Å². The average Bonchev–Trinajstić information content (AvgIpc) is 2.90. The second-order valence-electron chi connectivity index (χ2n) is 9.02. The minimum atomic E-state index is -4.16. The van der Waals surface area contributed by atoms with E-state index in [0.717, 1.165) is 5.56 Å². The van der Waals surface area contributed by atoms with Crippen LogP contribution in [0.1, 0.15) is 47.2 Å². The first-order valence-corrected chi connectivity index (χ1v) is 12.7.